The predicted molar refractivity (Wildman–Crippen MR) is 76.6 cm³/mol. The normalized spacial score (nSPS) is 15.3. The van der Waals surface area contributed by atoms with Gasteiger partial charge in [0.25, 0.3) is 5.56 Å². The molecule has 1 amide bonds. The zero-order valence-electron chi connectivity index (χ0n) is 12.3. The summed E-state index contributed by atoms with van der Waals surface area (Å²) in [6.45, 7) is 5.77. The van der Waals surface area contributed by atoms with Crippen LogP contribution in [-0.4, -0.2) is 58.4 Å². The highest BCUT2D eigenvalue weighted by molar-refractivity contribution is 5.78. The van der Waals surface area contributed by atoms with E-state index in [1.807, 2.05) is 16.8 Å². The second-order valence-electron chi connectivity index (χ2n) is 5.55. The van der Waals surface area contributed by atoms with Crippen molar-refractivity contribution in [2.24, 2.45) is 0 Å². The Morgan fingerprint density at radius 3 is 2.85 bits per heavy atom. The Hall–Kier alpha value is -1.69. The monoisotopic (exact) mass is 278 g/mol. The SMILES string of the molecule is CC(C)N(C)CC(=O)N1CCc2nc[nH]c(=O)c2CC1. The van der Waals surface area contributed by atoms with Crippen LogP contribution in [0.2, 0.25) is 0 Å². The first-order valence-electron chi connectivity index (χ1n) is 7.02. The molecule has 20 heavy (non-hydrogen) atoms. The number of aromatic amines is 1. The van der Waals surface area contributed by atoms with E-state index < -0.39 is 0 Å². The molecule has 6 nitrogen and oxygen atoms in total. The Bertz CT molecular complexity index is 538. The lowest BCUT2D eigenvalue weighted by molar-refractivity contribution is -0.132. The largest absolute Gasteiger partial charge is 0.341 e. The summed E-state index contributed by atoms with van der Waals surface area (Å²) in [4.78, 5) is 34.7. The quantitative estimate of drug-likeness (QED) is 0.847. The molecular weight excluding hydrogens is 256 g/mol. The molecule has 110 valence electrons. The van der Waals surface area contributed by atoms with Gasteiger partial charge in [0.1, 0.15) is 0 Å². The van der Waals surface area contributed by atoms with Gasteiger partial charge in [0.05, 0.1) is 18.6 Å². The number of likely N-dealkylation sites (N-methyl/N-ethyl adjacent to an activating group) is 1. The lowest BCUT2D eigenvalue weighted by Crippen LogP contribution is -2.42. The average molecular weight is 278 g/mol. The van der Waals surface area contributed by atoms with Crippen LogP contribution in [0.15, 0.2) is 11.1 Å². The lowest BCUT2D eigenvalue weighted by Gasteiger charge is -2.26. The number of carbonyl (C=O) groups is 1. The van der Waals surface area contributed by atoms with E-state index in [9.17, 15) is 9.59 Å². The van der Waals surface area contributed by atoms with Gasteiger partial charge in [-0.2, -0.15) is 0 Å². The molecule has 1 aliphatic heterocycles. The minimum Gasteiger partial charge on any atom is -0.341 e. The third-order valence-electron chi connectivity index (χ3n) is 3.91. The van der Waals surface area contributed by atoms with E-state index in [0.717, 1.165) is 11.3 Å². The summed E-state index contributed by atoms with van der Waals surface area (Å²) in [5, 5.41) is 0. The zero-order valence-corrected chi connectivity index (χ0v) is 12.3. The molecule has 0 unspecified atom stereocenters. The van der Waals surface area contributed by atoms with Gasteiger partial charge in [-0.05, 0) is 27.3 Å². The van der Waals surface area contributed by atoms with E-state index in [1.54, 1.807) is 0 Å². The van der Waals surface area contributed by atoms with Crippen LogP contribution in [-0.2, 0) is 17.6 Å². The van der Waals surface area contributed by atoms with Crippen molar-refractivity contribution in [3.8, 4) is 0 Å². The van der Waals surface area contributed by atoms with Crippen LogP contribution in [0.25, 0.3) is 0 Å². The van der Waals surface area contributed by atoms with Crippen LogP contribution in [0.1, 0.15) is 25.1 Å². The number of hydrogen-bond acceptors (Lipinski definition) is 4. The molecule has 0 spiro atoms. The van der Waals surface area contributed by atoms with Gasteiger partial charge in [0.15, 0.2) is 0 Å². The molecule has 0 saturated heterocycles. The molecule has 0 fully saturated rings. The molecule has 1 N–H and O–H groups in total. The van der Waals surface area contributed by atoms with Gasteiger partial charge < -0.3 is 9.88 Å². The van der Waals surface area contributed by atoms with Crippen molar-refractivity contribution in [2.45, 2.75) is 32.7 Å². The molecular formula is C14H22N4O2. The summed E-state index contributed by atoms with van der Waals surface area (Å²) < 4.78 is 0. The minimum absolute atomic E-state index is 0.0800. The van der Waals surface area contributed by atoms with Gasteiger partial charge >= 0.3 is 0 Å². The van der Waals surface area contributed by atoms with Gasteiger partial charge in [-0.1, -0.05) is 0 Å². The second kappa shape index (κ2) is 6.17. The van der Waals surface area contributed by atoms with Crippen LogP contribution < -0.4 is 5.56 Å². The summed E-state index contributed by atoms with van der Waals surface area (Å²) in [6, 6.07) is 0.340. The highest BCUT2D eigenvalue weighted by atomic mass is 16.2. The standard InChI is InChI=1S/C14H22N4O2/c1-10(2)17(3)8-13(19)18-6-4-11-12(5-7-18)15-9-16-14(11)20/h9-10H,4-8H2,1-3H3,(H,15,16,20). The topological polar surface area (TPSA) is 69.3 Å². The van der Waals surface area contributed by atoms with Crippen molar-refractivity contribution in [2.75, 3.05) is 26.7 Å². The molecule has 0 radical (unpaired) electrons. The lowest BCUT2D eigenvalue weighted by atomic mass is 10.1. The predicted octanol–water partition coefficient (Wildman–Crippen LogP) is 0.0373. The number of nitrogens with one attached hydrogen (secondary N) is 1. The van der Waals surface area contributed by atoms with E-state index in [-0.39, 0.29) is 11.5 Å². The van der Waals surface area contributed by atoms with Gasteiger partial charge in [-0.3, -0.25) is 14.5 Å². The van der Waals surface area contributed by atoms with Crippen LogP contribution in [0.5, 0.6) is 0 Å². The molecule has 2 heterocycles. The number of H-pyrrole nitrogens is 1. The molecule has 1 aromatic rings. The molecule has 2 rings (SSSR count). The fourth-order valence-corrected chi connectivity index (χ4v) is 2.28. The summed E-state index contributed by atoms with van der Waals surface area (Å²) in [5.41, 5.74) is 1.46. The Kier molecular flexibility index (Phi) is 4.54. The molecule has 6 heteroatoms. The van der Waals surface area contributed by atoms with Crippen molar-refractivity contribution in [1.29, 1.82) is 0 Å². The number of amides is 1. The highest BCUT2D eigenvalue weighted by Crippen LogP contribution is 2.10. The minimum atomic E-state index is -0.0800. The summed E-state index contributed by atoms with van der Waals surface area (Å²) >= 11 is 0. The van der Waals surface area contributed by atoms with Crippen molar-refractivity contribution >= 4 is 5.91 Å². The summed E-state index contributed by atoms with van der Waals surface area (Å²) in [5.74, 6) is 0.116. The molecule has 0 aliphatic carbocycles. The van der Waals surface area contributed by atoms with E-state index in [1.165, 1.54) is 6.33 Å². The Morgan fingerprint density at radius 1 is 1.45 bits per heavy atom. The highest BCUT2D eigenvalue weighted by Gasteiger charge is 2.22. The van der Waals surface area contributed by atoms with Crippen LogP contribution in [0.4, 0.5) is 0 Å². The first-order chi connectivity index (χ1) is 9.49. The van der Waals surface area contributed by atoms with Gasteiger partial charge in [-0.15, -0.1) is 0 Å². The van der Waals surface area contributed by atoms with Gasteiger partial charge in [0.2, 0.25) is 5.91 Å². The number of fused-ring (bicyclic) bond motifs is 1. The number of nitrogens with zero attached hydrogens (tertiary/aromatic N) is 3. The first-order valence-corrected chi connectivity index (χ1v) is 7.02. The third-order valence-corrected chi connectivity index (χ3v) is 3.91. The first kappa shape index (κ1) is 14.7. The van der Waals surface area contributed by atoms with Gasteiger partial charge in [-0.25, -0.2) is 4.98 Å². The Balaban J connectivity index is 2.03. The number of carbonyl (C=O) groups excluding carboxylic acids is 1. The zero-order chi connectivity index (χ0) is 14.7. The molecule has 0 saturated carbocycles. The van der Waals surface area contributed by atoms with Crippen LogP contribution >= 0.6 is 0 Å². The smallest absolute Gasteiger partial charge is 0.254 e. The second-order valence-corrected chi connectivity index (χ2v) is 5.55. The Labute approximate surface area is 118 Å². The summed E-state index contributed by atoms with van der Waals surface area (Å²) in [6.07, 6.45) is 2.66. The molecule has 0 aromatic carbocycles. The fraction of sp³-hybridized carbons (Fsp3) is 0.643. The maximum Gasteiger partial charge on any atom is 0.254 e. The van der Waals surface area contributed by atoms with E-state index in [0.29, 0.717) is 38.5 Å². The average Bonchev–Trinajstić information content (AvgIpc) is 2.62. The van der Waals surface area contributed by atoms with Gasteiger partial charge in [0, 0.05) is 31.1 Å². The number of rotatable bonds is 3. The van der Waals surface area contributed by atoms with E-state index in [2.05, 4.69) is 23.8 Å². The molecule has 1 aliphatic rings. The Morgan fingerprint density at radius 2 is 2.15 bits per heavy atom. The van der Waals surface area contributed by atoms with Crippen molar-refractivity contribution in [3.63, 3.8) is 0 Å². The maximum atomic E-state index is 12.3. The number of hydrogen-bond donors (Lipinski definition) is 1. The van der Waals surface area contributed by atoms with E-state index in [4.69, 9.17) is 0 Å². The van der Waals surface area contributed by atoms with Crippen molar-refractivity contribution < 1.29 is 4.79 Å². The van der Waals surface area contributed by atoms with Crippen molar-refractivity contribution in [1.82, 2.24) is 19.8 Å². The van der Waals surface area contributed by atoms with E-state index >= 15 is 0 Å². The third kappa shape index (κ3) is 3.25. The molecule has 1 aromatic heterocycles. The van der Waals surface area contributed by atoms with Crippen LogP contribution in [0.3, 0.4) is 0 Å². The molecule has 0 atom stereocenters. The molecule has 0 bridgehead atoms. The van der Waals surface area contributed by atoms with Crippen LogP contribution in [0, 0.1) is 0 Å². The fourth-order valence-electron chi connectivity index (χ4n) is 2.28. The summed E-state index contributed by atoms with van der Waals surface area (Å²) in [7, 11) is 1.95. The maximum absolute atomic E-state index is 12.3. The van der Waals surface area contributed by atoms with Crippen molar-refractivity contribution in [3.05, 3.63) is 27.9 Å². The number of aromatic nitrogens is 2.